The number of cyclic esters (lactones) is 2. The third kappa shape index (κ3) is 33.8. The highest BCUT2D eigenvalue weighted by atomic mass is 16.6. The molecule has 1 aliphatic heterocycles. The zero-order valence-electron chi connectivity index (χ0n) is 47.2. The van der Waals surface area contributed by atoms with Gasteiger partial charge < -0.3 is 73.8 Å². The number of carbonyl (C=O) groups is 6. The molecule has 6 N–H and O–H groups in total. The van der Waals surface area contributed by atoms with Crippen molar-refractivity contribution in [1.29, 1.82) is 0 Å². The number of carboxylic acids is 2. The van der Waals surface area contributed by atoms with Crippen LogP contribution in [-0.2, 0) is 68.7 Å². The normalized spacial score (nSPS) is 12.6. The lowest BCUT2D eigenvalue weighted by Gasteiger charge is -2.22. The van der Waals surface area contributed by atoms with Crippen molar-refractivity contribution in [2.45, 2.75) is 82.5 Å². The van der Waals surface area contributed by atoms with Gasteiger partial charge in [0.1, 0.15) is 41.8 Å². The topological polar surface area (TPSA) is 289 Å². The fourth-order valence-electron chi connectivity index (χ4n) is 6.86. The van der Waals surface area contributed by atoms with Crippen molar-refractivity contribution in [3.63, 3.8) is 0 Å². The van der Waals surface area contributed by atoms with Crippen molar-refractivity contribution in [3.8, 4) is 23.0 Å². The van der Waals surface area contributed by atoms with E-state index >= 15 is 0 Å². The molecule has 1 saturated heterocycles. The van der Waals surface area contributed by atoms with E-state index in [0.717, 1.165) is 54.1 Å². The van der Waals surface area contributed by atoms with Crippen molar-refractivity contribution < 1.29 is 89.3 Å². The van der Waals surface area contributed by atoms with Crippen molar-refractivity contribution in [3.05, 3.63) is 119 Å². The van der Waals surface area contributed by atoms with Gasteiger partial charge in [0, 0.05) is 19.6 Å². The summed E-state index contributed by atoms with van der Waals surface area (Å²) < 4.78 is 30.9. The molecule has 5 rings (SSSR count). The van der Waals surface area contributed by atoms with E-state index in [1.807, 2.05) is 117 Å². The van der Waals surface area contributed by atoms with Gasteiger partial charge in [0.15, 0.2) is 0 Å². The zero-order valence-corrected chi connectivity index (χ0v) is 46.2. The number of carbonyl (C=O) groups excluding carboxylic acids is 4. The van der Waals surface area contributed by atoms with Crippen LogP contribution in [0.25, 0.3) is 0 Å². The summed E-state index contributed by atoms with van der Waals surface area (Å²) in [5.41, 5.74) is 4.43. The molecule has 21 nitrogen and oxygen atoms in total. The van der Waals surface area contributed by atoms with Gasteiger partial charge in [0.2, 0.25) is 0 Å². The molecular formula is C57H82N3O18+. The second kappa shape index (κ2) is 40.1. The average molecular weight is 1100 g/mol. The molecule has 0 aromatic heterocycles. The molecule has 0 bridgehead atoms. The van der Waals surface area contributed by atoms with E-state index in [1.165, 1.54) is 11.1 Å². The second-order valence-electron chi connectivity index (χ2n) is 18.4. The van der Waals surface area contributed by atoms with Crippen molar-refractivity contribution >= 4 is 35.8 Å². The number of aliphatic hydroxyl groups excluding tert-OH is 3. The predicted molar refractivity (Wildman–Crippen MR) is 292 cm³/mol. The Morgan fingerprint density at radius 3 is 1.44 bits per heavy atom. The van der Waals surface area contributed by atoms with Gasteiger partial charge in [-0.25, -0.2) is 0 Å². The molecule has 4 aromatic rings. The van der Waals surface area contributed by atoms with Gasteiger partial charge >= 0.3 is 37.2 Å². The lowest BCUT2D eigenvalue weighted by molar-refractivity contribution is -0.154. The first-order valence-corrected chi connectivity index (χ1v) is 25.2. The van der Waals surface area contributed by atoms with Crippen LogP contribution in [0, 0.1) is 0 Å². The smallest absolute Gasteiger partial charge is 0.508 e. The number of ether oxygens (including phenoxy) is 6. The molecule has 0 saturated carbocycles. The van der Waals surface area contributed by atoms with Crippen LogP contribution < -0.4 is 14.2 Å². The van der Waals surface area contributed by atoms with E-state index in [4.69, 9.17) is 49.2 Å². The summed E-state index contributed by atoms with van der Waals surface area (Å²) in [7, 11) is 14.3. The summed E-state index contributed by atoms with van der Waals surface area (Å²) in [6.07, 6.45) is 1.37. The Hall–Kier alpha value is -7.14. The number of benzene rings is 4. The summed E-state index contributed by atoms with van der Waals surface area (Å²) >= 11 is 0. The molecule has 0 spiro atoms. The maximum absolute atomic E-state index is 12.0. The van der Waals surface area contributed by atoms with Crippen molar-refractivity contribution in [2.24, 2.45) is 0 Å². The Kier molecular flexibility index (Phi) is 35.4. The summed E-state index contributed by atoms with van der Waals surface area (Å²) in [6.45, 7) is 1.18. The molecule has 21 heteroatoms. The summed E-state index contributed by atoms with van der Waals surface area (Å²) in [5, 5.41) is 52.7. The van der Waals surface area contributed by atoms with Crippen LogP contribution in [0.5, 0.6) is 23.0 Å². The molecule has 1 aliphatic rings. The molecule has 1 heterocycles. The Morgan fingerprint density at radius 1 is 0.577 bits per heavy atom. The first-order chi connectivity index (χ1) is 37.1. The second-order valence-corrected chi connectivity index (χ2v) is 18.4. The van der Waals surface area contributed by atoms with E-state index in [2.05, 4.69) is 16.9 Å². The highest BCUT2D eigenvalue weighted by Gasteiger charge is 2.20. The number of aliphatic carboxylic acids is 2. The van der Waals surface area contributed by atoms with Gasteiger partial charge in [-0.15, -0.1) is 0 Å². The lowest BCUT2D eigenvalue weighted by atomic mass is 10.0. The van der Waals surface area contributed by atoms with Crippen LogP contribution in [0.4, 0.5) is 0 Å². The number of para-hydroxylation sites is 2. The number of likely N-dealkylation sites (N-methyl/N-ethyl adjacent to an activating group) is 3. The first kappa shape index (κ1) is 68.9. The number of methoxy groups -OCH3 is 2. The van der Waals surface area contributed by atoms with Crippen molar-refractivity contribution in [1.82, 2.24) is 14.7 Å². The number of aryl methyl sites for hydroxylation is 4. The van der Waals surface area contributed by atoms with Gasteiger partial charge in [-0.2, -0.15) is 0 Å². The number of rotatable bonds is 27. The largest absolute Gasteiger partial charge is 1.00 e. The highest BCUT2D eigenvalue weighted by Crippen LogP contribution is 2.23. The first-order valence-electron chi connectivity index (χ1n) is 25.2. The standard InChI is InChI=1S/C24H31NO6.C15H16O2.C9H17NO5.C5H13NO2.C4H4O3/c1-25(2)16-21(31-24(28)14-13-23(26)27)17-30-22-10-5-4-8-19(22)12-11-18-7-6-9-20(15-18)29-3;1-17-14-7-4-5-12(11-14)9-10-13-6-2-3-8-15(13)16;1-10(2)5-7(6-11)15-9(14)4-3-8(12)13;1-6(2)3-5(8)4-7;5-3-1-2-4(6)7-3/h4-10,15,21H,11-14,16-17H2,1-3H3,(H,26,27);2-8,11,16H,9-10H2,1H3;7,11H,3-6H2,1-2H3,(H,12,13);5,7-8H,3-4H2,1-2H3;1-2H2/p+1/t21-;;7-;5-;/m1.11./s1. The van der Waals surface area contributed by atoms with E-state index in [9.17, 15) is 33.9 Å². The minimum absolute atomic E-state index is 0. The monoisotopic (exact) mass is 1100 g/mol. The molecule has 0 radical (unpaired) electrons. The molecule has 0 unspecified atom stereocenters. The number of phenolic OH excluding ortho intramolecular Hbond substituents is 1. The third-order valence-electron chi connectivity index (χ3n) is 10.6. The Balaban J connectivity index is 0.00000107. The van der Waals surface area contributed by atoms with E-state index in [1.54, 1.807) is 39.3 Å². The minimum atomic E-state index is -1.04. The molecule has 78 heavy (non-hydrogen) atoms. The van der Waals surface area contributed by atoms with Crippen LogP contribution in [0.15, 0.2) is 97.1 Å². The quantitative estimate of drug-likeness (QED) is 0.0271. The minimum Gasteiger partial charge on any atom is -0.508 e. The Bertz CT molecular complexity index is 2370. The number of esters is 4. The van der Waals surface area contributed by atoms with E-state index < -0.39 is 54.1 Å². The van der Waals surface area contributed by atoms with Crippen LogP contribution in [0.2, 0.25) is 0 Å². The molecule has 1 fully saturated rings. The number of phenols is 1. The van der Waals surface area contributed by atoms with Gasteiger partial charge in [-0.3, -0.25) is 28.8 Å². The van der Waals surface area contributed by atoms with Crippen molar-refractivity contribution in [2.75, 3.05) is 96.0 Å². The number of aromatic hydroxyl groups is 1. The van der Waals surface area contributed by atoms with Crippen LogP contribution >= 0.6 is 0 Å². The fraction of sp³-hybridized carbons (Fsp3) is 0.474. The van der Waals surface area contributed by atoms with E-state index in [0.29, 0.717) is 25.4 Å². The number of hydrogen-bond donors (Lipinski definition) is 6. The summed E-state index contributed by atoms with van der Waals surface area (Å²) in [5.74, 6) is -1.18. The maximum Gasteiger partial charge on any atom is 1.00 e. The van der Waals surface area contributed by atoms with E-state index in [-0.39, 0.29) is 59.8 Å². The highest BCUT2D eigenvalue weighted by molar-refractivity contribution is 5.92. The Labute approximate surface area is 459 Å². The van der Waals surface area contributed by atoms with Crippen LogP contribution in [0.3, 0.4) is 0 Å². The molecule has 4 aromatic carbocycles. The molecule has 0 aliphatic carbocycles. The predicted octanol–water partition coefficient (Wildman–Crippen LogP) is 4.56. The van der Waals surface area contributed by atoms with Gasteiger partial charge in [-0.05, 0) is 127 Å². The lowest BCUT2D eigenvalue weighted by Crippen LogP contribution is -2.35. The fourth-order valence-corrected chi connectivity index (χ4v) is 6.86. The van der Waals surface area contributed by atoms with Gasteiger partial charge in [0.05, 0.1) is 72.1 Å². The number of hydrogen-bond acceptors (Lipinski definition) is 19. The SMILES string of the molecule is CN(C)C[C@@H](O)CO.CN(C)C[C@H](CO)OC(=O)CCC(=O)O.COc1cccc(CCc2ccccc2O)c1.COc1cccc(CCc2ccccc2OC[C@@H](CN(C)C)OC(=O)CCC(=O)O)c1.O=C1CCC(=O)O1.[H+]. The average Bonchev–Trinajstić information content (AvgIpc) is 3.79. The van der Waals surface area contributed by atoms with Gasteiger partial charge in [-0.1, -0.05) is 60.7 Å². The van der Waals surface area contributed by atoms with Crippen LogP contribution in [0.1, 0.15) is 62.2 Å². The van der Waals surface area contributed by atoms with Crippen LogP contribution in [-0.4, -0.2) is 195 Å². The summed E-state index contributed by atoms with van der Waals surface area (Å²) in [4.78, 5) is 69.4. The zero-order chi connectivity index (χ0) is 58.4. The maximum atomic E-state index is 12.0. The molecule has 3 atom stereocenters. The van der Waals surface area contributed by atoms with Gasteiger partial charge in [0.25, 0.3) is 0 Å². The number of aliphatic hydroxyl groups is 3. The number of carboxylic acid groups (broad SMARTS) is 2. The summed E-state index contributed by atoms with van der Waals surface area (Å²) in [6, 6.07) is 31.3. The Morgan fingerprint density at radius 2 is 1.03 bits per heavy atom. The molecule has 432 valence electrons. The number of nitrogens with zero attached hydrogens (tertiary/aromatic N) is 3. The molecular weight excluding hydrogens is 1010 g/mol. The third-order valence-corrected chi connectivity index (χ3v) is 10.6. The molecule has 0 amide bonds.